The number of hydrogen-bond acceptors (Lipinski definition) is 2. The second kappa shape index (κ2) is 12.4. The van der Waals surface area contributed by atoms with E-state index in [-0.39, 0.29) is 0 Å². The highest BCUT2D eigenvalue weighted by Crippen LogP contribution is 2.31. The molecule has 1 atom stereocenters. The van der Waals surface area contributed by atoms with Gasteiger partial charge in [0.2, 0.25) is 0 Å². The van der Waals surface area contributed by atoms with Gasteiger partial charge in [0.15, 0.2) is 0 Å². The van der Waals surface area contributed by atoms with Crippen molar-refractivity contribution < 1.29 is 5.11 Å². The number of aliphatic hydroxyl groups is 1. The molecule has 0 spiro atoms. The normalized spacial score (nSPS) is 12.8. The molecule has 0 fully saturated rings. The molecular weight excluding hydrogens is 354 g/mol. The summed E-state index contributed by atoms with van der Waals surface area (Å²) >= 11 is 6.49. The lowest BCUT2D eigenvalue weighted by molar-refractivity contribution is 0.111. The van der Waals surface area contributed by atoms with Crippen LogP contribution in [0, 0.1) is 0 Å². The number of hydrogen-bond donors (Lipinski definition) is 1. The van der Waals surface area contributed by atoms with Gasteiger partial charge in [0, 0.05) is 17.1 Å². The molecule has 0 bridgehead atoms. The Hall–Kier alpha value is -1.09. The standard InChI is InChI=1S/C24H36ClNO/c1-3-5-7-11-17-26(18-12-8-6-4-2)19-23(27)24-21-14-10-9-13-20(21)15-16-22(24)25/h9-10,13-16,23,27H,3-8,11-12,17-19H2,1-2H3. The molecule has 0 aliphatic heterocycles. The van der Waals surface area contributed by atoms with Crippen molar-refractivity contribution in [3.05, 3.63) is 47.0 Å². The minimum atomic E-state index is -0.555. The maximum atomic E-state index is 11.0. The summed E-state index contributed by atoms with van der Waals surface area (Å²) in [5.74, 6) is 0. The molecule has 2 aromatic carbocycles. The molecule has 0 saturated carbocycles. The van der Waals surface area contributed by atoms with Crippen LogP contribution in [-0.4, -0.2) is 29.6 Å². The molecule has 1 unspecified atom stereocenters. The van der Waals surface area contributed by atoms with Crippen LogP contribution in [0.4, 0.5) is 0 Å². The van der Waals surface area contributed by atoms with Crippen molar-refractivity contribution in [2.75, 3.05) is 19.6 Å². The smallest absolute Gasteiger partial charge is 0.0937 e. The van der Waals surface area contributed by atoms with E-state index in [1.165, 1.54) is 51.4 Å². The quantitative estimate of drug-likeness (QED) is 0.373. The van der Waals surface area contributed by atoms with Gasteiger partial charge in [0.05, 0.1) is 6.10 Å². The van der Waals surface area contributed by atoms with Gasteiger partial charge >= 0.3 is 0 Å². The summed E-state index contributed by atoms with van der Waals surface area (Å²) in [7, 11) is 0. The third kappa shape index (κ3) is 7.10. The van der Waals surface area contributed by atoms with E-state index in [2.05, 4.69) is 30.9 Å². The Bertz CT molecular complexity index is 660. The van der Waals surface area contributed by atoms with Crippen LogP contribution in [0.15, 0.2) is 36.4 Å². The Kier molecular flexibility index (Phi) is 10.2. The number of halogens is 1. The molecular formula is C24H36ClNO. The lowest BCUT2D eigenvalue weighted by Gasteiger charge is -2.26. The van der Waals surface area contributed by atoms with Crippen LogP contribution in [0.2, 0.25) is 5.02 Å². The van der Waals surface area contributed by atoms with Gasteiger partial charge in [0.1, 0.15) is 0 Å². The Morgan fingerprint density at radius 2 is 1.48 bits per heavy atom. The van der Waals surface area contributed by atoms with Crippen LogP contribution >= 0.6 is 11.6 Å². The summed E-state index contributed by atoms with van der Waals surface area (Å²) in [6.07, 6.45) is 9.49. The van der Waals surface area contributed by atoms with E-state index < -0.39 is 6.10 Å². The van der Waals surface area contributed by atoms with Crippen LogP contribution in [0.1, 0.15) is 76.9 Å². The molecule has 0 aliphatic rings. The van der Waals surface area contributed by atoms with E-state index in [1.807, 2.05) is 24.3 Å². The van der Waals surface area contributed by atoms with E-state index >= 15 is 0 Å². The van der Waals surface area contributed by atoms with Crippen molar-refractivity contribution in [1.82, 2.24) is 4.90 Å². The number of aliphatic hydroxyl groups excluding tert-OH is 1. The highest BCUT2D eigenvalue weighted by atomic mass is 35.5. The molecule has 2 aromatic rings. The molecule has 2 rings (SSSR count). The summed E-state index contributed by atoms with van der Waals surface area (Å²) in [6.45, 7) is 7.27. The first kappa shape index (κ1) is 22.2. The second-order valence-electron chi connectivity index (χ2n) is 7.62. The molecule has 1 N–H and O–H groups in total. The number of benzene rings is 2. The molecule has 0 heterocycles. The first-order valence-electron chi connectivity index (χ1n) is 10.7. The average molecular weight is 390 g/mol. The Morgan fingerprint density at radius 1 is 0.852 bits per heavy atom. The van der Waals surface area contributed by atoms with Gasteiger partial charge < -0.3 is 10.0 Å². The van der Waals surface area contributed by atoms with E-state index in [4.69, 9.17) is 11.6 Å². The predicted octanol–water partition coefficient (Wildman–Crippen LogP) is 6.99. The zero-order valence-electron chi connectivity index (χ0n) is 17.1. The number of rotatable bonds is 13. The summed E-state index contributed by atoms with van der Waals surface area (Å²) in [5, 5.41) is 13.9. The molecule has 0 saturated heterocycles. The van der Waals surface area contributed by atoms with Crippen molar-refractivity contribution in [2.24, 2.45) is 0 Å². The van der Waals surface area contributed by atoms with Crippen molar-refractivity contribution in [3.8, 4) is 0 Å². The third-order valence-corrected chi connectivity index (χ3v) is 5.67. The van der Waals surface area contributed by atoms with Crippen molar-refractivity contribution in [1.29, 1.82) is 0 Å². The zero-order valence-corrected chi connectivity index (χ0v) is 17.8. The van der Waals surface area contributed by atoms with Gasteiger partial charge in [-0.05, 0) is 42.8 Å². The minimum absolute atomic E-state index is 0.555. The Labute approximate surface area is 170 Å². The van der Waals surface area contributed by atoms with Gasteiger partial charge in [-0.25, -0.2) is 0 Å². The molecule has 0 amide bonds. The topological polar surface area (TPSA) is 23.5 Å². The van der Waals surface area contributed by atoms with Crippen molar-refractivity contribution >= 4 is 22.4 Å². The van der Waals surface area contributed by atoms with E-state index in [9.17, 15) is 5.11 Å². The first-order valence-corrected chi connectivity index (χ1v) is 11.1. The predicted molar refractivity (Wildman–Crippen MR) is 119 cm³/mol. The van der Waals surface area contributed by atoms with Crippen LogP contribution in [0.3, 0.4) is 0 Å². The molecule has 0 aromatic heterocycles. The second-order valence-corrected chi connectivity index (χ2v) is 8.03. The Morgan fingerprint density at radius 3 is 2.11 bits per heavy atom. The molecule has 0 aliphatic carbocycles. The van der Waals surface area contributed by atoms with E-state index in [0.717, 1.165) is 29.4 Å². The number of unbranched alkanes of at least 4 members (excludes halogenated alkanes) is 6. The minimum Gasteiger partial charge on any atom is -0.387 e. The van der Waals surface area contributed by atoms with Crippen molar-refractivity contribution in [2.45, 2.75) is 71.3 Å². The lowest BCUT2D eigenvalue weighted by atomic mass is 9.99. The maximum Gasteiger partial charge on any atom is 0.0937 e. The SMILES string of the molecule is CCCCCCN(CCCCCC)CC(O)c1c(Cl)ccc2ccccc12. The summed E-state index contributed by atoms with van der Waals surface area (Å²) in [5.41, 5.74) is 0.877. The lowest BCUT2D eigenvalue weighted by Crippen LogP contribution is -2.31. The Balaban J connectivity index is 2.06. The largest absolute Gasteiger partial charge is 0.387 e. The summed E-state index contributed by atoms with van der Waals surface area (Å²) in [4.78, 5) is 2.44. The van der Waals surface area contributed by atoms with Crippen molar-refractivity contribution in [3.63, 3.8) is 0 Å². The van der Waals surface area contributed by atoms with Gasteiger partial charge in [0.25, 0.3) is 0 Å². The van der Waals surface area contributed by atoms with Crippen LogP contribution in [0.5, 0.6) is 0 Å². The average Bonchev–Trinajstić information content (AvgIpc) is 2.68. The van der Waals surface area contributed by atoms with Crippen LogP contribution in [0.25, 0.3) is 10.8 Å². The summed E-state index contributed by atoms with van der Waals surface area (Å²) < 4.78 is 0. The fourth-order valence-corrected chi connectivity index (χ4v) is 4.05. The fraction of sp³-hybridized carbons (Fsp3) is 0.583. The van der Waals surface area contributed by atoms with Gasteiger partial charge in [-0.2, -0.15) is 0 Å². The van der Waals surface area contributed by atoms with Crippen LogP contribution in [-0.2, 0) is 0 Å². The highest BCUT2D eigenvalue weighted by molar-refractivity contribution is 6.32. The fourth-order valence-electron chi connectivity index (χ4n) is 3.76. The monoisotopic (exact) mass is 389 g/mol. The van der Waals surface area contributed by atoms with Gasteiger partial charge in [-0.3, -0.25) is 0 Å². The molecule has 27 heavy (non-hydrogen) atoms. The van der Waals surface area contributed by atoms with Crippen LogP contribution < -0.4 is 0 Å². The van der Waals surface area contributed by atoms with E-state index in [0.29, 0.717) is 11.6 Å². The van der Waals surface area contributed by atoms with E-state index in [1.54, 1.807) is 0 Å². The molecule has 0 radical (unpaired) electrons. The molecule has 3 heteroatoms. The number of nitrogens with zero attached hydrogens (tertiary/aromatic N) is 1. The number of fused-ring (bicyclic) bond motifs is 1. The zero-order chi connectivity index (χ0) is 19.5. The highest BCUT2D eigenvalue weighted by Gasteiger charge is 2.18. The molecule has 2 nitrogen and oxygen atoms in total. The molecule has 150 valence electrons. The third-order valence-electron chi connectivity index (χ3n) is 5.34. The maximum absolute atomic E-state index is 11.0. The van der Waals surface area contributed by atoms with Gasteiger partial charge in [-0.15, -0.1) is 0 Å². The first-order chi connectivity index (χ1) is 13.2. The summed E-state index contributed by atoms with van der Waals surface area (Å²) in [6, 6.07) is 12.1. The van der Waals surface area contributed by atoms with Gasteiger partial charge in [-0.1, -0.05) is 94.3 Å².